The summed E-state index contributed by atoms with van der Waals surface area (Å²) in [6.45, 7) is 2.56. The molecule has 1 aliphatic rings. The molecule has 1 unspecified atom stereocenters. The molecule has 1 aromatic carbocycles. The van der Waals surface area contributed by atoms with Crippen LogP contribution in [0.15, 0.2) is 42.6 Å². The van der Waals surface area contributed by atoms with Gasteiger partial charge in [0.15, 0.2) is 0 Å². The number of hydrogen-bond donors (Lipinski definition) is 2. The Morgan fingerprint density at radius 2 is 2.00 bits per heavy atom. The highest BCUT2D eigenvalue weighted by atomic mass is 16.5. The van der Waals surface area contributed by atoms with Crippen LogP contribution in [-0.4, -0.2) is 30.0 Å². The zero-order valence-electron chi connectivity index (χ0n) is 13.4. The van der Waals surface area contributed by atoms with Crippen LogP contribution in [0.25, 0.3) is 11.1 Å². The van der Waals surface area contributed by atoms with Crippen molar-refractivity contribution >= 4 is 23.3 Å². The summed E-state index contributed by atoms with van der Waals surface area (Å²) in [5.74, 6) is 0.214. The van der Waals surface area contributed by atoms with Crippen molar-refractivity contribution in [2.75, 3.05) is 23.8 Å². The Labute approximate surface area is 140 Å². The molecule has 0 spiro atoms. The number of ether oxygens (including phenoxy) is 1. The van der Waals surface area contributed by atoms with Crippen LogP contribution in [0.1, 0.15) is 13.3 Å². The number of nitrogens with zero attached hydrogens (tertiary/aromatic N) is 1. The fourth-order valence-corrected chi connectivity index (χ4v) is 2.63. The van der Waals surface area contributed by atoms with Crippen LogP contribution in [-0.2, 0) is 14.3 Å². The molecule has 24 heavy (non-hydrogen) atoms. The highest BCUT2D eigenvalue weighted by Gasteiger charge is 2.23. The highest BCUT2D eigenvalue weighted by Crippen LogP contribution is 2.24. The molecule has 6 heteroatoms. The molecule has 0 radical (unpaired) electrons. The van der Waals surface area contributed by atoms with Crippen molar-refractivity contribution in [3.8, 4) is 11.1 Å². The third kappa shape index (κ3) is 3.97. The lowest BCUT2D eigenvalue weighted by atomic mass is 10.1. The first kappa shape index (κ1) is 16.1. The van der Waals surface area contributed by atoms with Gasteiger partial charge in [-0.05, 0) is 41.8 Å². The predicted octanol–water partition coefficient (Wildman–Crippen LogP) is 2.68. The van der Waals surface area contributed by atoms with Gasteiger partial charge in [0.25, 0.3) is 0 Å². The number of carbonyl (C=O) groups excluding carboxylic acids is 2. The maximum atomic E-state index is 12.2. The van der Waals surface area contributed by atoms with Crippen LogP contribution in [0, 0.1) is 5.92 Å². The molecule has 2 N–H and O–H groups in total. The highest BCUT2D eigenvalue weighted by molar-refractivity contribution is 5.93. The van der Waals surface area contributed by atoms with E-state index in [0.29, 0.717) is 19.0 Å². The Hall–Kier alpha value is -2.73. The van der Waals surface area contributed by atoms with Crippen LogP contribution in [0.5, 0.6) is 0 Å². The van der Waals surface area contributed by atoms with Gasteiger partial charge in [0.2, 0.25) is 11.8 Å². The predicted molar refractivity (Wildman–Crippen MR) is 91.5 cm³/mol. The molecule has 2 amide bonds. The average Bonchev–Trinajstić information content (AvgIpc) is 3.09. The molecule has 1 aromatic heterocycles. The van der Waals surface area contributed by atoms with E-state index in [9.17, 15) is 9.59 Å². The van der Waals surface area contributed by atoms with Crippen LogP contribution < -0.4 is 10.6 Å². The Morgan fingerprint density at radius 3 is 2.75 bits per heavy atom. The smallest absolute Gasteiger partial charge is 0.231 e. The quantitative estimate of drug-likeness (QED) is 0.905. The summed E-state index contributed by atoms with van der Waals surface area (Å²) in [5, 5.41) is 5.60. The molecule has 1 saturated heterocycles. The Bertz CT molecular complexity index is 755. The topological polar surface area (TPSA) is 80.3 Å². The van der Waals surface area contributed by atoms with E-state index in [4.69, 9.17) is 4.74 Å². The minimum absolute atomic E-state index is 0.0656. The molecule has 2 aromatic rings. The summed E-state index contributed by atoms with van der Waals surface area (Å²) in [6, 6.07) is 11.2. The molecule has 3 rings (SSSR count). The molecule has 6 nitrogen and oxygen atoms in total. The van der Waals surface area contributed by atoms with Gasteiger partial charge in [-0.15, -0.1) is 0 Å². The summed E-state index contributed by atoms with van der Waals surface area (Å²) >= 11 is 0. The van der Waals surface area contributed by atoms with Gasteiger partial charge < -0.3 is 15.4 Å². The van der Waals surface area contributed by atoms with Crippen molar-refractivity contribution in [3.05, 3.63) is 42.6 Å². The fourth-order valence-electron chi connectivity index (χ4n) is 2.63. The first-order valence-corrected chi connectivity index (χ1v) is 7.84. The molecule has 0 aliphatic carbocycles. The van der Waals surface area contributed by atoms with Gasteiger partial charge in [0, 0.05) is 25.4 Å². The van der Waals surface area contributed by atoms with Gasteiger partial charge in [0.05, 0.1) is 12.5 Å². The minimum Gasteiger partial charge on any atom is -0.381 e. The molecule has 0 saturated carbocycles. The van der Waals surface area contributed by atoms with Gasteiger partial charge in [0.1, 0.15) is 5.82 Å². The second-order valence-corrected chi connectivity index (χ2v) is 5.74. The maximum Gasteiger partial charge on any atom is 0.231 e. The SMILES string of the molecule is CC(=O)Nc1cccc(-c2ccnc(NC(=O)C3CCOC3)c2)c1. The van der Waals surface area contributed by atoms with Gasteiger partial charge in [-0.1, -0.05) is 12.1 Å². The van der Waals surface area contributed by atoms with Crippen LogP contribution in [0.4, 0.5) is 11.5 Å². The number of nitrogens with one attached hydrogen (secondary N) is 2. The van der Waals surface area contributed by atoms with Gasteiger partial charge >= 0.3 is 0 Å². The van der Waals surface area contributed by atoms with Crippen LogP contribution in [0.3, 0.4) is 0 Å². The van der Waals surface area contributed by atoms with E-state index in [1.807, 2.05) is 36.4 Å². The normalized spacial score (nSPS) is 16.6. The minimum atomic E-state index is -0.117. The second kappa shape index (κ2) is 7.23. The number of benzene rings is 1. The van der Waals surface area contributed by atoms with Crippen molar-refractivity contribution in [1.29, 1.82) is 0 Å². The van der Waals surface area contributed by atoms with E-state index < -0.39 is 0 Å². The third-order valence-corrected chi connectivity index (χ3v) is 3.83. The van der Waals surface area contributed by atoms with Gasteiger partial charge in [-0.2, -0.15) is 0 Å². The number of amides is 2. The number of aromatic nitrogens is 1. The molecular weight excluding hydrogens is 306 g/mol. The molecule has 1 aliphatic heterocycles. The Morgan fingerprint density at radius 1 is 1.17 bits per heavy atom. The summed E-state index contributed by atoms with van der Waals surface area (Å²) in [7, 11) is 0. The van der Waals surface area contributed by atoms with E-state index >= 15 is 0 Å². The molecular formula is C18H19N3O3. The summed E-state index contributed by atoms with van der Waals surface area (Å²) in [6.07, 6.45) is 2.39. The van der Waals surface area contributed by atoms with E-state index in [2.05, 4.69) is 15.6 Å². The first-order valence-electron chi connectivity index (χ1n) is 7.84. The zero-order valence-corrected chi connectivity index (χ0v) is 13.4. The standard InChI is InChI=1S/C18H19N3O3/c1-12(22)20-16-4-2-3-13(9-16)14-5-7-19-17(10-14)21-18(23)15-6-8-24-11-15/h2-5,7,9-10,15H,6,8,11H2,1H3,(H,20,22)(H,19,21,23). The lowest BCUT2D eigenvalue weighted by Crippen LogP contribution is -2.23. The lowest BCUT2D eigenvalue weighted by Gasteiger charge is -2.10. The fraction of sp³-hybridized carbons (Fsp3) is 0.278. The average molecular weight is 325 g/mol. The van der Waals surface area contributed by atoms with E-state index in [1.165, 1.54) is 6.92 Å². The largest absolute Gasteiger partial charge is 0.381 e. The lowest BCUT2D eigenvalue weighted by molar-refractivity contribution is -0.119. The monoisotopic (exact) mass is 325 g/mol. The van der Waals surface area contributed by atoms with Crippen molar-refractivity contribution in [2.45, 2.75) is 13.3 Å². The second-order valence-electron chi connectivity index (χ2n) is 5.74. The number of rotatable bonds is 4. The first-order chi connectivity index (χ1) is 11.6. The molecule has 0 bridgehead atoms. The number of carbonyl (C=O) groups is 2. The van der Waals surface area contributed by atoms with Crippen molar-refractivity contribution in [1.82, 2.24) is 4.98 Å². The van der Waals surface area contributed by atoms with E-state index in [1.54, 1.807) is 6.20 Å². The van der Waals surface area contributed by atoms with Gasteiger partial charge in [-0.3, -0.25) is 9.59 Å². The molecule has 1 atom stereocenters. The Balaban J connectivity index is 1.77. The zero-order chi connectivity index (χ0) is 16.9. The van der Waals surface area contributed by atoms with Gasteiger partial charge in [-0.25, -0.2) is 4.98 Å². The van der Waals surface area contributed by atoms with Crippen LogP contribution in [0.2, 0.25) is 0 Å². The van der Waals surface area contributed by atoms with Crippen molar-refractivity contribution in [3.63, 3.8) is 0 Å². The number of anilines is 2. The van der Waals surface area contributed by atoms with E-state index in [0.717, 1.165) is 23.2 Å². The van der Waals surface area contributed by atoms with Crippen molar-refractivity contribution < 1.29 is 14.3 Å². The molecule has 124 valence electrons. The molecule has 1 fully saturated rings. The summed E-state index contributed by atoms with van der Waals surface area (Å²) in [5.41, 5.74) is 2.57. The number of hydrogen-bond acceptors (Lipinski definition) is 4. The third-order valence-electron chi connectivity index (χ3n) is 3.83. The molecule has 2 heterocycles. The summed E-state index contributed by atoms with van der Waals surface area (Å²) in [4.78, 5) is 27.5. The number of pyridine rings is 1. The van der Waals surface area contributed by atoms with Crippen molar-refractivity contribution in [2.24, 2.45) is 5.92 Å². The Kier molecular flexibility index (Phi) is 4.86. The summed E-state index contributed by atoms with van der Waals surface area (Å²) < 4.78 is 5.24. The van der Waals surface area contributed by atoms with Crippen LogP contribution >= 0.6 is 0 Å². The van der Waals surface area contributed by atoms with E-state index in [-0.39, 0.29) is 17.7 Å². The maximum absolute atomic E-state index is 12.2.